The molecule has 5 heteroatoms. The van der Waals surface area contributed by atoms with Gasteiger partial charge < -0.3 is 14.8 Å². The molecule has 0 bridgehead atoms. The number of halogens is 1. The minimum Gasteiger partial charge on any atom is -0.494 e. The average Bonchev–Trinajstić information content (AvgIpc) is 2.74. The van der Waals surface area contributed by atoms with E-state index < -0.39 is 0 Å². The third kappa shape index (κ3) is 6.54. The van der Waals surface area contributed by atoms with Crippen molar-refractivity contribution in [3.8, 4) is 11.5 Å². The molecular formula is C24H24ClNO3. The lowest BCUT2D eigenvalue weighted by Gasteiger charge is -2.10. The zero-order valence-electron chi connectivity index (χ0n) is 16.4. The Morgan fingerprint density at radius 3 is 2.10 bits per heavy atom. The molecule has 0 heterocycles. The molecule has 4 nitrogen and oxygen atoms in total. The first kappa shape index (κ1) is 20.7. The van der Waals surface area contributed by atoms with Crippen LogP contribution in [-0.2, 0) is 0 Å². The lowest BCUT2D eigenvalue weighted by molar-refractivity contribution is 0.102. The normalized spacial score (nSPS) is 10.4. The Morgan fingerprint density at radius 2 is 1.48 bits per heavy atom. The summed E-state index contributed by atoms with van der Waals surface area (Å²) in [4.78, 5) is 12.4. The average molecular weight is 410 g/mol. The third-order valence-electron chi connectivity index (χ3n) is 4.37. The summed E-state index contributed by atoms with van der Waals surface area (Å²) in [6, 6.07) is 22.3. The number of nitrogens with one attached hydrogen (secondary N) is 1. The number of aryl methyl sites for hydroxylation is 1. The molecule has 0 aromatic heterocycles. The molecule has 0 unspecified atom stereocenters. The SMILES string of the molecule is Cc1cc(Cl)ccc1NC(=O)c1ccc(OCCCCOc2ccccc2)cc1. The molecule has 0 saturated carbocycles. The van der Waals surface area contributed by atoms with Crippen molar-refractivity contribution in [2.45, 2.75) is 19.8 Å². The number of hydrogen-bond donors (Lipinski definition) is 1. The molecule has 3 aromatic carbocycles. The predicted octanol–water partition coefficient (Wildman–Crippen LogP) is 6.14. The van der Waals surface area contributed by atoms with E-state index in [1.54, 1.807) is 24.3 Å². The summed E-state index contributed by atoms with van der Waals surface area (Å²) < 4.78 is 11.4. The van der Waals surface area contributed by atoms with Crippen LogP contribution in [0.3, 0.4) is 0 Å². The van der Waals surface area contributed by atoms with E-state index in [1.807, 2.05) is 55.5 Å². The zero-order chi connectivity index (χ0) is 20.5. The van der Waals surface area contributed by atoms with Crippen LogP contribution in [0, 0.1) is 6.92 Å². The van der Waals surface area contributed by atoms with Gasteiger partial charge in [0.15, 0.2) is 0 Å². The molecule has 150 valence electrons. The molecule has 0 aliphatic heterocycles. The van der Waals surface area contributed by atoms with Crippen LogP contribution >= 0.6 is 11.6 Å². The maximum Gasteiger partial charge on any atom is 0.255 e. The van der Waals surface area contributed by atoms with Gasteiger partial charge in [-0.25, -0.2) is 0 Å². The van der Waals surface area contributed by atoms with Crippen LogP contribution in [0.25, 0.3) is 0 Å². The highest BCUT2D eigenvalue weighted by Gasteiger charge is 2.08. The van der Waals surface area contributed by atoms with Crippen LogP contribution in [0.1, 0.15) is 28.8 Å². The number of hydrogen-bond acceptors (Lipinski definition) is 3. The number of ether oxygens (including phenoxy) is 2. The fourth-order valence-electron chi connectivity index (χ4n) is 2.77. The quantitative estimate of drug-likeness (QED) is 0.432. The van der Waals surface area contributed by atoms with Gasteiger partial charge in [-0.15, -0.1) is 0 Å². The second-order valence-corrected chi connectivity index (χ2v) is 7.09. The van der Waals surface area contributed by atoms with E-state index in [9.17, 15) is 4.79 Å². The number of carbonyl (C=O) groups is 1. The van der Waals surface area contributed by atoms with Gasteiger partial charge in [0, 0.05) is 16.3 Å². The van der Waals surface area contributed by atoms with Gasteiger partial charge in [-0.1, -0.05) is 29.8 Å². The maximum absolute atomic E-state index is 12.4. The lowest BCUT2D eigenvalue weighted by Crippen LogP contribution is -2.12. The standard InChI is InChI=1S/C24H24ClNO3/c1-18-17-20(25)11-14-23(18)26-24(27)19-9-12-22(13-10-19)29-16-6-5-15-28-21-7-3-2-4-8-21/h2-4,7-14,17H,5-6,15-16H2,1H3,(H,26,27). The van der Waals surface area contributed by atoms with Gasteiger partial charge in [0.05, 0.1) is 13.2 Å². The molecule has 0 aliphatic rings. The molecular weight excluding hydrogens is 386 g/mol. The second kappa shape index (κ2) is 10.5. The van der Waals surface area contributed by atoms with E-state index in [0.717, 1.165) is 35.6 Å². The van der Waals surface area contributed by atoms with Crippen molar-refractivity contribution in [3.05, 3.63) is 88.9 Å². The highest BCUT2D eigenvalue weighted by atomic mass is 35.5. The number of anilines is 1. The fourth-order valence-corrected chi connectivity index (χ4v) is 2.99. The lowest BCUT2D eigenvalue weighted by atomic mass is 10.1. The Hall–Kier alpha value is -2.98. The van der Waals surface area contributed by atoms with Crippen LogP contribution in [0.2, 0.25) is 5.02 Å². The van der Waals surface area contributed by atoms with Gasteiger partial charge in [-0.3, -0.25) is 4.79 Å². The van der Waals surface area contributed by atoms with Crippen LogP contribution in [-0.4, -0.2) is 19.1 Å². The van der Waals surface area contributed by atoms with Crippen molar-refractivity contribution in [2.75, 3.05) is 18.5 Å². The van der Waals surface area contributed by atoms with E-state index in [0.29, 0.717) is 23.8 Å². The molecule has 0 spiro atoms. The molecule has 3 aromatic rings. The topological polar surface area (TPSA) is 47.6 Å². The molecule has 0 radical (unpaired) electrons. The first-order valence-electron chi connectivity index (χ1n) is 9.60. The number of amides is 1. The summed E-state index contributed by atoms with van der Waals surface area (Å²) in [7, 11) is 0. The van der Waals surface area contributed by atoms with Crippen molar-refractivity contribution in [2.24, 2.45) is 0 Å². The monoisotopic (exact) mass is 409 g/mol. The highest BCUT2D eigenvalue weighted by Crippen LogP contribution is 2.21. The minimum atomic E-state index is -0.167. The van der Waals surface area contributed by atoms with E-state index in [1.165, 1.54) is 0 Å². The number of para-hydroxylation sites is 1. The fraction of sp³-hybridized carbons (Fsp3) is 0.208. The van der Waals surface area contributed by atoms with E-state index >= 15 is 0 Å². The van der Waals surface area contributed by atoms with E-state index in [4.69, 9.17) is 21.1 Å². The van der Waals surface area contributed by atoms with Gasteiger partial charge in [-0.05, 0) is 79.9 Å². The van der Waals surface area contributed by atoms with Gasteiger partial charge >= 0.3 is 0 Å². The molecule has 3 rings (SSSR count). The molecule has 0 aliphatic carbocycles. The molecule has 0 atom stereocenters. The number of carbonyl (C=O) groups excluding carboxylic acids is 1. The van der Waals surface area contributed by atoms with Gasteiger partial charge in [-0.2, -0.15) is 0 Å². The summed E-state index contributed by atoms with van der Waals surface area (Å²) in [6.07, 6.45) is 1.81. The number of unbranched alkanes of at least 4 members (excludes halogenated alkanes) is 1. The van der Waals surface area contributed by atoms with Crippen molar-refractivity contribution >= 4 is 23.2 Å². The minimum absolute atomic E-state index is 0.167. The second-order valence-electron chi connectivity index (χ2n) is 6.65. The molecule has 29 heavy (non-hydrogen) atoms. The molecule has 1 N–H and O–H groups in total. The van der Waals surface area contributed by atoms with Crippen molar-refractivity contribution in [1.82, 2.24) is 0 Å². The summed E-state index contributed by atoms with van der Waals surface area (Å²) in [5.74, 6) is 1.46. The zero-order valence-corrected chi connectivity index (χ0v) is 17.1. The Morgan fingerprint density at radius 1 is 0.862 bits per heavy atom. The first-order chi connectivity index (χ1) is 14.1. The van der Waals surface area contributed by atoms with Crippen molar-refractivity contribution < 1.29 is 14.3 Å². The largest absolute Gasteiger partial charge is 0.494 e. The van der Waals surface area contributed by atoms with Gasteiger partial charge in [0.25, 0.3) is 5.91 Å². The summed E-state index contributed by atoms with van der Waals surface area (Å²) in [5, 5.41) is 3.55. The van der Waals surface area contributed by atoms with Gasteiger partial charge in [0.1, 0.15) is 11.5 Å². The van der Waals surface area contributed by atoms with Gasteiger partial charge in [0.2, 0.25) is 0 Å². The van der Waals surface area contributed by atoms with Crippen LogP contribution in [0.5, 0.6) is 11.5 Å². The van der Waals surface area contributed by atoms with E-state index in [-0.39, 0.29) is 5.91 Å². The molecule has 1 amide bonds. The van der Waals surface area contributed by atoms with Crippen molar-refractivity contribution in [3.63, 3.8) is 0 Å². The number of benzene rings is 3. The molecule has 0 fully saturated rings. The number of rotatable bonds is 9. The Kier molecular flexibility index (Phi) is 7.54. The van der Waals surface area contributed by atoms with E-state index in [2.05, 4.69) is 5.32 Å². The van der Waals surface area contributed by atoms with Crippen molar-refractivity contribution in [1.29, 1.82) is 0 Å². The van der Waals surface area contributed by atoms with Crippen LogP contribution < -0.4 is 14.8 Å². The molecule has 0 saturated heterocycles. The Bertz CT molecular complexity index is 927. The summed E-state index contributed by atoms with van der Waals surface area (Å²) in [5.41, 5.74) is 2.24. The summed E-state index contributed by atoms with van der Waals surface area (Å²) in [6.45, 7) is 3.17. The highest BCUT2D eigenvalue weighted by molar-refractivity contribution is 6.30. The Labute approximate surface area is 176 Å². The predicted molar refractivity (Wildman–Crippen MR) is 117 cm³/mol. The first-order valence-corrected chi connectivity index (χ1v) is 9.98. The smallest absolute Gasteiger partial charge is 0.255 e. The summed E-state index contributed by atoms with van der Waals surface area (Å²) >= 11 is 5.95. The van der Waals surface area contributed by atoms with Crippen LogP contribution in [0.4, 0.5) is 5.69 Å². The Balaban J connectivity index is 1.39. The third-order valence-corrected chi connectivity index (χ3v) is 4.61. The van der Waals surface area contributed by atoms with Crippen LogP contribution in [0.15, 0.2) is 72.8 Å². The maximum atomic E-state index is 12.4.